The molecule has 19 nitrogen and oxygen atoms in total. The Morgan fingerprint density at radius 2 is 0.886 bits per heavy atom. The molecule has 3 rings (SSSR count). The van der Waals surface area contributed by atoms with E-state index in [0.717, 1.165) is 51.4 Å². The highest BCUT2D eigenvalue weighted by atomic mass is 16.8. The average Bonchev–Trinajstić information content (AvgIpc) is 3.35. The van der Waals surface area contributed by atoms with E-state index in [4.69, 9.17) is 28.4 Å². The van der Waals surface area contributed by atoms with Gasteiger partial charge in [0.25, 0.3) is 0 Å². The van der Waals surface area contributed by atoms with Crippen molar-refractivity contribution in [2.45, 2.75) is 279 Å². The number of allylic oxidation sites excluding steroid dienone is 1. The summed E-state index contributed by atoms with van der Waals surface area (Å²) in [5, 5.41) is 119. The second kappa shape index (κ2) is 36.5. The molecule has 0 bridgehead atoms. The molecule has 412 valence electrons. The van der Waals surface area contributed by atoms with Crippen molar-refractivity contribution in [3.63, 3.8) is 0 Å². The molecule has 70 heavy (non-hydrogen) atoms. The van der Waals surface area contributed by atoms with Crippen LogP contribution in [0.25, 0.3) is 0 Å². The summed E-state index contributed by atoms with van der Waals surface area (Å²) < 4.78 is 34.0. The molecule has 0 aliphatic carbocycles. The molecule has 19 heteroatoms. The summed E-state index contributed by atoms with van der Waals surface area (Å²) in [6.45, 7) is 1.60. The summed E-state index contributed by atoms with van der Waals surface area (Å²) in [7, 11) is 0. The number of ether oxygens (including phenoxy) is 6. The Bertz CT molecular complexity index is 1350. The lowest BCUT2D eigenvalue weighted by Gasteiger charge is -2.48. The number of hydrogen-bond donors (Lipinski definition) is 12. The minimum atomic E-state index is -1.97. The minimum absolute atomic E-state index is 0.240. The van der Waals surface area contributed by atoms with Gasteiger partial charge in [0.2, 0.25) is 5.91 Å². The van der Waals surface area contributed by atoms with Crippen molar-refractivity contribution in [3.05, 3.63) is 12.2 Å². The molecule has 0 radical (unpaired) electrons. The number of nitrogens with one attached hydrogen (secondary N) is 1. The highest BCUT2D eigenvalue weighted by molar-refractivity contribution is 5.76. The van der Waals surface area contributed by atoms with Gasteiger partial charge in [0.1, 0.15) is 73.2 Å². The maximum atomic E-state index is 13.0. The van der Waals surface area contributed by atoms with Crippen LogP contribution >= 0.6 is 0 Å². The number of carbonyl (C=O) groups is 1. The third kappa shape index (κ3) is 21.8. The molecular weight excluding hydrogens is 915 g/mol. The average molecular weight is 1010 g/mol. The molecular formula is C51H95NO18. The summed E-state index contributed by atoms with van der Waals surface area (Å²) in [4.78, 5) is 13.0. The molecule has 0 aromatic heterocycles. The number of aliphatic hydroxyl groups is 11. The summed E-state index contributed by atoms with van der Waals surface area (Å²) in [5.74, 6) is -0.289. The molecule has 3 fully saturated rings. The van der Waals surface area contributed by atoms with Gasteiger partial charge in [-0.15, -0.1) is 0 Å². The van der Waals surface area contributed by atoms with Crippen molar-refractivity contribution in [1.82, 2.24) is 5.32 Å². The Labute approximate surface area is 416 Å². The number of unbranched alkanes of at least 4 members (excludes halogenated alkanes) is 22. The van der Waals surface area contributed by atoms with Crippen LogP contribution in [0.4, 0.5) is 0 Å². The largest absolute Gasteiger partial charge is 0.394 e. The van der Waals surface area contributed by atoms with Gasteiger partial charge in [0.15, 0.2) is 18.9 Å². The van der Waals surface area contributed by atoms with E-state index in [-0.39, 0.29) is 18.9 Å². The minimum Gasteiger partial charge on any atom is -0.394 e. The van der Waals surface area contributed by atoms with Crippen molar-refractivity contribution >= 4 is 5.91 Å². The van der Waals surface area contributed by atoms with Crippen LogP contribution in [0.1, 0.15) is 174 Å². The Hall–Kier alpha value is -1.47. The Kier molecular flexibility index (Phi) is 32.7. The predicted octanol–water partition coefficient (Wildman–Crippen LogP) is 2.65. The van der Waals surface area contributed by atoms with Crippen molar-refractivity contribution in [1.29, 1.82) is 0 Å². The predicted molar refractivity (Wildman–Crippen MR) is 259 cm³/mol. The van der Waals surface area contributed by atoms with Gasteiger partial charge in [-0.25, -0.2) is 0 Å². The van der Waals surface area contributed by atoms with Gasteiger partial charge in [0, 0.05) is 6.42 Å². The molecule has 17 unspecified atom stereocenters. The highest BCUT2D eigenvalue weighted by Crippen LogP contribution is 2.33. The Morgan fingerprint density at radius 1 is 0.500 bits per heavy atom. The molecule has 0 saturated carbocycles. The van der Waals surface area contributed by atoms with E-state index < -0.39 is 124 Å². The van der Waals surface area contributed by atoms with Crippen LogP contribution in [0.5, 0.6) is 0 Å². The first-order valence-corrected chi connectivity index (χ1v) is 26.9. The van der Waals surface area contributed by atoms with Crippen molar-refractivity contribution in [3.8, 4) is 0 Å². The van der Waals surface area contributed by atoms with Crippen LogP contribution in [0.15, 0.2) is 12.2 Å². The van der Waals surface area contributed by atoms with Gasteiger partial charge < -0.3 is 89.9 Å². The van der Waals surface area contributed by atoms with Crippen LogP contribution < -0.4 is 5.32 Å². The lowest BCUT2D eigenvalue weighted by molar-refractivity contribution is -0.379. The fraction of sp³-hybridized carbons (Fsp3) is 0.941. The van der Waals surface area contributed by atoms with Gasteiger partial charge >= 0.3 is 0 Å². The van der Waals surface area contributed by atoms with E-state index in [2.05, 4.69) is 19.2 Å². The maximum absolute atomic E-state index is 13.0. The number of hydrogen-bond acceptors (Lipinski definition) is 18. The number of aliphatic hydroxyl groups excluding tert-OH is 11. The first-order valence-electron chi connectivity index (χ1n) is 26.9. The monoisotopic (exact) mass is 1010 g/mol. The molecule has 0 aromatic rings. The van der Waals surface area contributed by atoms with Crippen molar-refractivity contribution in [2.75, 3.05) is 26.4 Å². The lowest BCUT2D eigenvalue weighted by Crippen LogP contribution is -2.66. The van der Waals surface area contributed by atoms with Gasteiger partial charge in [-0.1, -0.05) is 161 Å². The third-order valence-corrected chi connectivity index (χ3v) is 13.8. The molecule has 12 N–H and O–H groups in total. The van der Waals surface area contributed by atoms with Crippen LogP contribution in [-0.4, -0.2) is 193 Å². The number of rotatable bonds is 38. The zero-order chi connectivity index (χ0) is 51.3. The number of amides is 1. The van der Waals surface area contributed by atoms with Crippen LogP contribution in [0.3, 0.4) is 0 Å². The van der Waals surface area contributed by atoms with Crippen LogP contribution in [-0.2, 0) is 33.2 Å². The molecule has 0 aromatic carbocycles. The zero-order valence-electron chi connectivity index (χ0n) is 42.3. The topological polar surface area (TPSA) is 307 Å². The van der Waals surface area contributed by atoms with E-state index >= 15 is 0 Å². The molecule has 0 spiro atoms. The SMILES string of the molecule is CCCCCCCCCCCCCCCCCCCC/C=C/C(O)C(COC1OC(CO)C(OC2OC(CO)C(OC3OC(CO)C(O)C(O)C3O)C(O)C2O)C(O)C1O)NC(=O)CCCCCCC. The standard InChI is InChI=1S/C51H95NO18/c1-3-5-7-9-10-11-12-13-14-15-16-17-18-19-20-21-22-23-25-26-28-35(56)34(52-39(57)29-27-24-8-6-4-2)33-65-49-45(63)42(60)47(37(31-54)67-49)70-51-46(64)43(61)48(38(32-55)68-51)69-50-44(62)41(59)40(58)36(30-53)66-50/h26,28,34-38,40-51,53-56,58-64H,3-25,27,29-33H2,1-2H3,(H,52,57)/b28-26+. The second-order valence-electron chi connectivity index (χ2n) is 19.7. The quantitative estimate of drug-likeness (QED) is 0.0313. The fourth-order valence-corrected chi connectivity index (χ4v) is 9.31. The first kappa shape index (κ1) is 62.8. The first-order chi connectivity index (χ1) is 33.8. The molecule has 3 aliphatic heterocycles. The van der Waals surface area contributed by atoms with Crippen molar-refractivity contribution < 1.29 is 89.4 Å². The van der Waals surface area contributed by atoms with E-state index in [1.165, 1.54) is 96.3 Å². The van der Waals surface area contributed by atoms with E-state index in [0.29, 0.717) is 6.42 Å². The smallest absolute Gasteiger partial charge is 0.220 e. The molecule has 3 heterocycles. The summed E-state index contributed by atoms with van der Waals surface area (Å²) in [6, 6.07) is -0.963. The second-order valence-corrected chi connectivity index (χ2v) is 19.7. The maximum Gasteiger partial charge on any atom is 0.220 e. The summed E-state index contributed by atoms with van der Waals surface area (Å²) in [5.41, 5.74) is 0. The van der Waals surface area contributed by atoms with Crippen molar-refractivity contribution in [2.24, 2.45) is 0 Å². The molecule has 17 atom stereocenters. The van der Waals surface area contributed by atoms with Gasteiger partial charge in [0.05, 0.1) is 38.6 Å². The van der Waals surface area contributed by atoms with Crippen LogP contribution in [0, 0.1) is 0 Å². The summed E-state index contributed by atoms with van der Waals surface area (Å²) in [6.07, 6.45) is 5.63. The number of carbonyl (C=O) groups excluding carboxylic acids is 1. The van der Waals surface area contributed by atoms with E-state index in [1.807, 2.05) is 6.08 Å². The van der Waals surface area contributed by atoms with Crippen LogP contribution in [0.2, 0.25) is 0 Å². The van der Waals surface area contributed by atoms with Gasteiger partial charge in [-0.05, 0) is 19.3 Å². The molecule has 3 saturated heterocycles. The zero-order valence-corrected chi connectivity index (χ0v) is 42.3. The summed E-state index contributed by atoms with van der Waals surface area (Å²) >= 11 is 0. The molecule has 1 amide bonds. The van der Waals surface area contributed by atoms with E-state index in [1.54, 1.807) is 6.08 Å². The normalized spacial score (nSPS) is 32.6. The van der Waals surface area contributed by atoms with E-state index in [9.17, 15) is 61.0 Å². The third-order valence-electron chi connectivity index (χ3n) is 13.8. The van der Waals surface area contributed by atoms with Gasteiger partial charge in [-0.3, -0.25) is 4.79 Å². The molecule has 3 aliphatic rings. The highest BCUT2D eigenvalue weighted by Gasteiger charge is 2.53. The Balaban J connectivity index is 1.48. The fourth-order valence-electron chi connectivity index (χ4n) is 9.31. The lowest BCUT2D eigenvalue weighted by atomic mass is 9.96. The van der Waals surface area contributed by atoms with Gasteiger partial charge in [-0.2, -0.15) is 0 Å². The Morgan fingerprint density at radius 3 is 1.34 bits per heavy atom.